The van der Waals surface area contributed by atoms with Gasteiger partial charge in [0.05, 0.1) is 14.2 Å². The number of hydrogen-bond acceptors (Lipinski definition) is 5. The minimum absolute atomic E-state index is 0.0131. The van der Waals surface area contributed by atoms with Gasteiger partial charge in [0.2, 0.25) is 0 Å². The number of esters is 1. The molecule has 0 spiro atoms. The predicted molar refractivity (Wildman–Crippen MR) is 81.9 cm³/mol. The fourth-order valence-electron chi connectivity index (χ4n) is 2.38. The topological polar surface area (TPSA) is 61.8 Å². The maximum atomic E-state index is 11.8. The number of ketones is 1. The van der Waals surface area contributed by atoms with E-state index in [9.17, 15) is 9.59 Å². The highest BCUT2D eigenvalue weighted by Crippen LogP contribution is 2.28. The van der Waals surface area contributed by atoms with Gasteiger partial charge in [0.15, 0.2) is 23.4 Å². The molecule has 2 rings (SSSR count). The van der Waals surface area contributed by atoms with Gasteiger partial charge in [-0.1, -0.05) is 6.07 Å². The molecule has 1 aliphatic rings. The van der Waals surface area contributed by atoms with Gasteiger partial charge in [-0.05, 0) is 43.0 Å². The van der Waals surface area contributed by atoms with Crippen molar-refractivity contribution in [1.29, 1.82) is 0 Å². The van der Waals surface area contributed by atoms with Crippen LogP contribution in [0, 0.1) is 0 Å². The summed E-state index contributed by atoms with van der Waals surface area (Å²) in [6, 6.07) is 5.32. The molecule has 0 aromatic heterocycles. The van der Waals surface area contributed by atoms with Crippen molar-refractivity contribution in [2.24, 2.45) is 0 Å². The van der Waals surface area contributed by atoms with Crippen LogP contribution < -0.4 is 9.47 Å². The van der Waals surface area contributed by atoms with Crippen molar-refractivity contribution in [1.82, 2.24) is 0 Å². The number of rotatable bonds is 5. The molecule has 22 heavy (non-hydrogen) atoms. The molecule has 1 saturated carbocycles. The number of carbonyl (C=O) groups excluding carboxylic acids is 2. The van der Waals surface area contributed by atoms with Crippen LogP contribution in [0.2, 0.25) is 0 Å². The lowest BCUT2D eigenvalue weighted by molar-refractivity contribution is -0.152. The molecule has 0 bridgehead atoms. The van der Waals surface area contributed by atoms with E-state index in [4.69, 9.17) is 14.2 Å². The highest BCUT2D eigenvalue weighted by molar-refractivity contribution is 5.91. The van der Waals surface area contributed by atoms with Gasteiger partial charge in [-0.3, -0.25) is 4.79 Å². The molecule has 118 valence electrons. The predicted octanol–water partition coefficient (Wildman–Crippen LogP) is 2.77. The van der Waals surface area contributed by atoms with E-state index in [-0.39, 0.29) is 5.78 Å². The first-order chi connectivity index (χ1) is 10.6. The SMILES string of the molecule is COc1ccc(/C=C/C(=O)O[C@H]2CCCCC2=O)cc1OC. The zero-order chi connectivity index (χ0) is 15.9. The Labute approximate surface area is 129 Å². The minimum Gasteiger partial charge on any atom is -0.493 e. The summed E-state index contributed by atoms with van der Waals surface area (Å²) in [4.78, 5) is 23.4. The molecule has 0 unspecified atom stereocenters. The number of ether oxygens (including phenoxy) is 3. The van der Waals surface area contributed by atoms with Crippen molar-refractivity contribution in [2.75, 3.05) is 14.2 Å². The van der Waals surface area contributed by atoms with E-state index in [0.29, 0.717) is 24.3 Å². The molecule has 5 heteroatoms. The maximum absolute atomic E-state index is 11.8. The molecule has 0 N–H and O–H groups in total. The van der Waals surface area contributed by atoms with E-state index >= 15 is 0 Å². The highest BCUT2D eigenvalue weighted by Gasteiger charge is 2.24. The Balaban J connectivity index is 1.98. The number of Topliss-reactive ketones (excluding diaryl/α,β-unsaturated/α-hetero) is 1. The normalized spacial score (nSPS) is 18.3. The van der Waals surface area contributed by atoms with Gasteiger partial charge in [0.1, 0.15) is 0 Å². The Morgan fingerprint density at radius 1 is 1.18 bits per heavy atom. The smallest absolute Gasteiger partial charge is 0.331 e. The molecular weight excluding hydrogens is 284 g/mol. The maximum Gasteiger partial charge on any atom is 0.331 e. The molecule has 1 fully saturated rings. The molecular formula is C17H20O5. The first-order valence-corrected chi connectivity index (χ1v) is 7.27. The van der Waals surface area contributed by atoms with E-state index < -0.39 is 12.1 Å². The van der Waals surface area contributed by atoms with Crippen LogP contribution in [0.5, 0.6) is 11.5 Å². The lowest BCUT2D eigenvalue weighted by Gasteiger charge is -2.19. The number of hydrogen-bond donors (Lipinski definition) is 0. The Hall–Kier alpha value is -2.30. The van der Waals surface area contributed by atoms with Crippen LogP contribution in [-0.2, 0) is 14.3 Å². The van der Waals surface area contributed by atoms with E-state index in [1.165, 1.54) is 6.08 Å². The largest absolute Gasteiger partial charge is 0.493 e. The van der Waals surface area contributed by atoms with Gasteiger partial charge < -0.3 is 14.2 Å². The standard InChI is InChI=1S/C17H20O5/c1-20-15-9-7-12(11-16(15)21-2)8-10-17(19)22-14-6-4-3-5-13(14)18/h7-11,14H,3-6H2,1-2H3/b10-8+/t14-/m0/s1. The summed E-state index contributed by atoms with van der Waals surface area (Å²) < 4.78 is 15.5. The van der Waals surface area contributed by atoms with Crippen LogP contribution in [0.4, 0.5) is 0 Å². The minimum atomic E-state index is -0.587. The van der Waals surface area contributed by atoms with Gasteiger partial charge in [-0.25, -0.2) is 4.79 Å². The summed E-state index contributed by atoms with van der Waals surface area (Å²) >= 11 is 0. The Bertz CT molecular complexity index is 576. The van der Waals surface area contributed by atoms with Crippen molar-refractivity contribution in [2.45, 2.75) is 31.8 Å². The molecule has 0 heterocycles. The zero-order valence-electron chi connectivity index (χ0n) is 12.8. The van der Waals surface area contributed by atoms with Crippen molar-refractivity contribution >= 4 is 17.8 Å². The van der Waals surface area contributed by atoms with Gasteiger partial charge in [-0.2, -0.15) is 0 Å². The Morgan fingerprint density at radius 2 is 1.95 bits per heavy atom. The second kappa shape index (κ2) is 7.64. The first-order valence-electron chi connectivity index (χ1n) is 7.27. The fraction of sp³-hybridized carbons (Fsp3) is 0.412. The number of carbonyl (C=O) groups is 2. The van der Waals surface area contributed by atoms with E-state index in [1.54, 1.807) is 38.5 Å². The third kappa shape index (κ3) is 4.10. The van der Waals surface area contributed by atoms with E-state index in [2.05, 4.69) is 0 Å². The van der Waals surface area contributed by atoms with E-state index in [0.717, 1.165) is 18.4 Å². The highest BCUT2D eigenvalue weighted by atomic mass is 16.5. The van der Waals surface area contributed by atoms with Gasteiger partial charge in [0, 0.05) is 12.5 Å². The monoisotopic (exact) mass is 304 g/mol. The van der Waals surface area contributed by atoms with Crippen LogP contribution in [0.25, 0.3) is 6.08 Å². The summed E-state index contributed by atoms with van der Waals surface area (Å²) in [7, 11) is 3.11. The van der Waals surface area contributed by atoms with Crippen molar-refractivity contribution < 1.29 is 23.8 Å². The van der Waals surface area contributed by atoms with Crippen LogP contribution in [0.3, 0.4) is 0 Å². The summed E-state index contributed by atoms with van der Waals surface area (Å²) in [5.74, 6) is 0.713. The van der Waals surface area contributed by atoms with Crippen LogP contribution in [0.15, 0.2) is 24.3 Å². The quantitative estimate of drug-likeness (QED) is 0.618. The summed E-state index contributed by atoms with van der Waals surface area (Å²) in [6.45, 7) is 0. The van der Waals surface area contributed by atoms with Crippen LogP contribution >= 0.6 is 0 Å². The number of methoxy groups -OCH3 is 2. The second-order valence-electron chi connectivity index (χ2n) is 5.09. The average molecular weight is 304 g/mol. The molecule has 5 nitrogen and oxygen atoms in total. The Kier molecular flexibility index (Phi) is 5.58. The summed E-state index contributed by atoms with van der Waals surface area (Å²) in [5.41, 5.74) is 0.782. The number of benzene rings is 1. The Morgan fingerprint density at radius 3 is 2.64 bits per heavy atom. The molecule has 1 aromatic carbocycles. The van der Waals surface area contributed by atoms with E-state index in [1.807, 2.05) is 0 Å². The summed E-state index contributed by atoms with van der Waals surface area (Å²) in [5, 5.41) is 0. The molecule has 1 atom stereocenters. The van der Waals surface area contributed by atoms with Crippen molar-refractivity contribution in [3.63, 3.8) is 0 Å². The molecule has 1 aromatic rings. The average Bonchev–Trinajstić information content (AvgIpc) is 2.54. The molecule has 0 amide bonds. The molecule has 0 saturated heterocycles. The molecule has 0 aliphatic heterocycles. The van der Waals surface area contributed by atoms with Crippen LogP contribution in [0.1, 0.15) is 31.2 Å². The fourth-order valence-corrected chi connectivity index (χ4v) is 2.38. The molecule has 0 radical (unpaired) electrons. The molecule has 1 aliphatic carbocycles. The second-order valence-corrected chi connectivity index (χ2v) is 5.09. The van der Waals surface area contributed by atoms with Gasteiger partial charge in [0.25, 0.3) is 0 Å². The van der Waals surface area contributed by atoms with Gasteiger partial charge in [-0.15, -0.1) is 0 Å². The van der Waals surface area contributed by atoms with Crippen molar-refractivity contribution in [3.05, 3.63) is 29.8 Å². The third-order valence-electron chi connectivity index (χ3n) is 3.58. The van der Waals surface area contributed by atoms with Gasteiger partial charge >= 0.3 is 5.97 Å². The first kappa shape index (κ1) is 16.1. The van der Waals surface area contributed by atoms with Crippen LogP contribution in [-0.4, -0.2) is 32.1 Å². The lowest BCUT2D eigenvalue weighted by atomic mass is 9.96. The summed E-state index contributed by atoms with van der Waals surface area (Å²) in [6.07, 6.45) is 5.28. The zero-order valence-corrected chi connectivity index (χ0v) is 12.8. The third-order valence-corrected chi connectivity index (χ3v) is 3.58. The van der Waals surface area contributed by atoms with Crippen molar-refractivity contribution in [3.8, 4) is 11.5 Å². The lowest BCUT2D eigenvalue weighted by Crippen LogP contribution is -2.29.